The van der Waals surface area contributed by atoms with Crippen LogP contribution in [0.25, 0.3) is 0 Å². The molecule has 1 aliphatic heterocycles. The first-order chi connectivity index (χ1) is 9.10. The summed E-state index contributed by atoms with van der Waals surface area (Å²) in [6.07, 6.45) is 1.42. The molecule has 1 aromatic rings. The number of hydrogen-bond acceptors (Lipinski definition) is 6. The molecule has 1 aliphatic rings. The van der Waals surface area contributed by atoms with Gasteiger partial charge in [-0.25, -0.2) is 0 Å². The summed E-state index contributed by atoms with van der Waals surface area (Å²) >= 11 is 11.5. The number of anilines is 1. The first-order valence-corrected chi connectivity index (χ1v) is 6.84. The number of carbonyl (C=O) groups excluding carboxylic acids is 1. The fourth-order valence-corrected chi connectivity index (χ4v) is 2.39. The van der Waals surface area contributed by atoms with Crippen molar-refractivity contribution in [3.05, 3.63) is 10.6 Å². The minimum atomic E-state index is -0.131. The Bertz CT molecular complexity index is 444. The predicted molar refractivity (Wildman–Crippen MR) is 71.4 cm³/mol. The van der Waals surface area contributed by atoms with Crippen molar-refractivity contribution in [2.75, 3.05) is 24.6 Å². The number of rotatable bonds is 3. The first kappa shape index (κ1) is 14.3. The number of aromatic nitrogens is 3. The number of nitrogens with zero attached hydrogens (tertiary/aromatic N) is 4. The van der Waals surface area contributed by atoms with E-state index in [1.807, 2.05) is 11.8 Å². The van der Waals surface area contributed by atoms with Crippen LogP contribution in [0.3, 0.4) is 0 Å². The molecule has 6 nitrogen and oxygen atoms in total. The van der Waals surface area contributed by atoms with Crippen molar-refractivity contribution in [2.45, 2.75) is 19.8 Å². The highest BCUT2D eigenvalue weighted by molar-refractivity contribution is 6.31. The standard InChI is InChI=1S/C11H14Cl2N4O2/c1-2-19-8(18)7-3-5-17(6-4-7)11-15-9(12)14-10(13)16-11/h7H,2-6H2,1H3. The zero-order valence-electron chi connectivity index (χ0n) is 10.5. The Labute approximate surface area is 121 Å². The molecule has 0 amide bonds. The minimum Gasteiger partial charge on any atom is -0.466 e. The molecule has 0 unspecified atom stereocenters. The van der Waals surface area contributed by atoms with Gasteiger partial charge in [-0.2, -0.15) is 15.0 Å². The van der Waals surface area contributed by atoms with Crippen molar-refractivity contribution in [1.29, 1.82) is 0 Å². The Balaban J connectivity index is 1.97. The lowest BCUT2D eigenvalue weighted by molar-refractivity contribution is -0.148. The topological polar surface area (TPSA) is 68.2 Å². The second kappa shape index (κ2) is 6.34. The Hall–Kier alpha value is -1.14. The summed E-state index contributed by atoms with van der Waals surface area (Å²) in [5.41, 5.74) is 0. The summed E-state index contributed by atoms with van der Waals surface area (Å²) in [6, 6.07) is 0. The highest BCUT2D eigenvalue weighted by atomic mass is 35.5. The lowest BCUT2D eigenvalue weighted by Gasteiger charge is -2.30. The zero-order valence-corrected chi connectivity index (χ0v) is 12.0. The Morgan fingerprint density at radius 1 is 1.26 bits per heavy atom. The largest absolute Gasteiger partial charge is 0.466 e. The monoisotopic (exact) mass is 304 g/mol. The van der Waals surface area contributed by atoms with Crippen LogP contribution in [0.5, 0.6) is 0 Å². The van der Waals surface area contributed by atoms with Gasteiger partial charge in [0.15, 0.2) is 0 Å². The van der Waals surface area contributed by atoms with Gasteiger partial charge >= 0.3 is 5.97 Å². The van der Waals surface area contributed by atoms with Crippen LogP contribution in [0.15, 0.2) is 0 Å². The summed E-state index contributed by atoms with van der Waals surface area (Å²) in [5.74, 6) is 0.269. The van der Waals surface area contributed by atoms with Crippen molar-refractivity contribution in [3.8, 4) is 0 Å². The molecule has 2 heterocycles. The second-order valence-corrected chi connectivity index (χ2v) is 4.86. The maximum atomic E-state index is 11.6. The van der Waals surface area contributed by atoms with Gasteiger partial charge in [-0.15, -0.1) is 0 Å². The summed E-state index contributed by atoms with van der Waals surface area (Å²) in [6.45, 7) is 3.56. The maximum absolute atomic E-state index is 11.6. The lowest BCUT2D eigenvalue weighted by atomic mass is 9.97. The van der Waals surface area contributed by atoms with E-state index in [2.05, 4.69) is 15.0 Å². The molecule has 8 heteroatoms. The highest BCUT2D eigenvalue weighted by Gasteiger charge is 2.27. The molecule has 104 valence electrons. The van der Waals surface area contributed by atoms with Gasteiger partial charge in [0.05, 0.1) is 12.5 Å². The van der Waals surface area contributed by atoms with E-state index in [1.54, 1.807) is 0 Å². The summed E-state index contributed by atoms with van der Waals surface area (Å²) < 4.78 is 5.02. The van der Waals surface area contributed by atoms with Gasteiger partial charge in [-0.05, 0) is 43.0 Å². The molecule has 0 atom stereocenters. The molecule has 19 heavy (non-hydrogen) atoms. The fourth-order valence-electron chi connectivity index (χ4n) is 2.03. The highest BCUT2D eigenvalue weighted by Crippen LogP contribution is 2.23. The van der Waals surface area contributed by atoms with Crippen molar-refractivity contribution in [2.24, 2.45) is 5.92 Å². The lowest BCUT2D eigenvalue weighted by Crippen LogP contribution is -2.38. The predicted octanol–water partition coefficient (Wildman–Crippen LogP) is 1.96. The number of hydrogen-bond donors (Lipinski definition) is 0. The van der Waals surface area contributed by atoms with Crippen LogP contribution in [0, 0.1) is 5.92 Å². The molecular weight excluding hydrogens is 291 g/mol. The van der Waals surface area contributed by atoms with E-state index in [4.69, 9.17) is 27.9 Å². The van der Waals surface area contributed by atoms with Crippen molar-refractivity contribution >= 4 is 35.1 Å². The van der Waals surface area contributed by atoms with E-state index in [0.717, 1.165) is 0 Å². The zero-order chi connectivity index (χ0) is 13.8. The molecule has 1 aromatic heterocycles. The Morgan fingerprint density at radius 3 is 2.37 bits per heavy atom. The minimum absolute atomic E-state index is 0.0519. The maximum Gasteiger partial charge on any atom is 0.309 e. The third kappa shape index (κ3) is 3.67. The number of esters is 1. The van der Waals surface area contributed by atoms with Crippen LogP contribution in [0.4, 0.5) is 5.95 Å². The third-order valence-corrected chi connectivity index (χ3v) is 3.30. The first-order valence-electron chi connectivity index (χ1n) is 6.08. The smallest absolute Gasteiger partial charge is 0.309 e. The van der Waals surface area contributed by atoms with Crippen LogP contribution < -0.4 is 4.90 Å². The molecule has 1 fully saturated rings. The fraction of sp³-hybridized carbons (Fsp3) is 0.636. The summed E-state index contributed by atoms with van der Waals surface area (Å²) in [7, 11) is 0. The average Bonchev–Trinajstić information content (AvgIpc) is 2.38. The summed E-state index contributed by atoms with van der Waals surface area (Å²) in [4.78, 5) is 25.3. The van der Waals surface area contributed by atoms with E-state index in [9.17, 15) is 4.79 Å². The second-order valence-electron chi connectivity index (χ2n) is 4.19. The molecule has 0 saturated carbocycles. The molecule has 0 aromatic carbocycles. The third-order valence-electron chi connectivity index (χ3n) is 2.97. The normalized spacial score (nSPS) is 16.5. The van der Waals surface area contributed by atoms with Gasteiger partial charge in [-0.3, -0.25) is 4.79 Å². The van der Waals surface area contributed by atoms with E-state index >= 15 is 0 Å². The SMILES string of the molecule is CCOC(=O)C1CCN(c2nc(Cl)nc(Cl)n2)CC1. The molecule has 0 spiro atoms. The van der Waals surface area contributed by atoms with Crippen LogP contribution in [-0.4, -0.2) is 40.6 Å². The summed E-state index contributed by atoms with van der Waals surface area (Å²) in [5, 5.41) is 0.144. The van der Waals surface area contributed by atoms with Gasteiger partial charge in [-0.1, -0.05) is 0 Å². The number of ether oxygens (including phenoxy) is 1. The molecule has 0 radical (unpaired) electrons. The molecular formula is C11H14Cl2N4O2. The van der Waals surface area contributed by atoms with Crippen LogP contribution >= 0.6 is 23.2 Å². The van der Waals surface area contributed by atoms with Crippen molar-refractivity contribution in [3.63, 3.8) is 0 Å². The van der Waals surface area contributed by atoms with Crippen LogP contribution in [-0.2, 0) is 9.53 Å². The number of halogens is 2. The Morgan fingerprint density at radius 2 is 1.84 bits per heavy atom. The molecule has 0 N–H and O–H groups in total. The van der Waals surface area contributed by atoms with Gasteiger partial charge in [0.1, 0.15) is 0 Å². The van der Waals surface area contributed by atoms with Gasteiger partial charge in [0.25, 0.3) is 0 Å². The van der Waals surface area contributed by atoms with Crippen LogP contribution in [0.1, 0.15) is 19.8 Å². The molecule has 0 bridgehead atoms. The van der Waals surface area contributed by atoms with Gasteiger partial charge in [0.2, 0.25) is 16.5 Å². The van der Waals surface area contributed by atoms with Crippen molar-refractivity contribution < 1.29 is 9.53 Å². The van der Waals surface area contributed by atoms with Gasteiger partial charge < -0.3 is 9.64 Å². The van der Waals surface area contributed by atoms with Gasteiger partial charge in [0, 0.05) is 13.1 Å². The molecule has 1 saturated heterocycles. The van der Waals surface area contributed by atoms with Crippen LogP contribution in [0.2, 0.25) is 10.6 Å². The van der Waals surface area contributed by atoms with E-state index in [0.29, 0.717) is 38.5 Å². The number of piperidine rings is 1. The Kier molecular flexibility index (Phi) is 4.76. The van der Waals surface area contributed by atoms with Crippen molar-refractivity contribution in [1.82, 2.24) is 15.0 Å². The van der Waals surface area contributed by atoms with E-state index in [-0.39, 0.29) is 22.5 Å². The molecule has 0 aliphatic carbocycles. The average molecular weight is 305 g/mol. The van der Waals surface area contributed by atoms with E-state index < -0.39 is 0 Å². The molecule has 2 rings (SSSR count). The van der Waals surface area contributed by atoms with E-state index in [1.165, 1.54) is 0 Å². The number of carbonyl (C=O) groups is 1. The quantitative estimate of drug-likeness (QED) is 0.795.